The molecule has 0 radical (unpaired) electrons. The van der Waals surface area contributed by atoms with Crippen molar-refractivity contribution < 1.29 is 9.72 Å². The second-order valence-electron chi connectivity index (χ2n) is 7.30. The smallest absolute Gasteiger partial charge is 0.293 e. The summed E-state index contributed by atoms with van der Waals surface area (Å²) in [7, 11) is 0. The number of carbonyl (C=O) groups is 1. The SMILES string of the molecule is Cc1cccc2c1N(C(=O)c1ccc(N3CCCC3)c([N+](=O)[O-])c1)CCC2. The van der Waals surface area contributed by atoms with Crippen molar-refractivity contribution in [3.8, 4) is 0 Å². The molecule has 0 aromatic heterocycles. The van der Waals surface area contributed by atoms with Gasteiger partial charge < -0.3 is 9.80 Å². The van der Waals surface area contributed by atoms with Crippen LogP contribution in [0.15, 0.2) is 36.4 Å². The Bertz CT molecular complexity index is 904. The highest BCUT2D eigenvalue weighted by molar-refractivity contribution is 6.08. The van der Waals surface area contributed by atoms with Gasteiger partial charge >= 0.3 is 0 Å². The van der Waals surface area contributed by atoms with Crippen LogP contribution in [-0.2, 0) is 6.42 Å². The zero-order chi connectivity index (χ0) is 19.0. The molecule has 0 N–H and O–H groups in total. The first-order chi connectivity index (χ1) is 13.1. The summed E-state index contributed by atoms with van der Waals surface area (Å²) in [6.07, 6.45) is 3.94. The van der Waals surface area contributed by atoms with Crippen molar-refractivity contribution in [1.82, 2.24) is 0 Å². The Kier molecular flexibility index (Phi) is 4.56. The number of hydrogen-bond donors (Lipinski definition) is 0. The largest absolute Gasteiger partial charge is 0.366 e. The third-order valence-electron chi connectivity index (χ3n) is 5.53. The van der Waals surface area contributed by atoms with Crippen molar-refractivity contribution >= 4 is 23.0 Å². The zero-order valence-corrected chi connectivity index (χ0v) is 15.5. The van der Waals surface area contributed by atoms with Gasteiger partial charge in [-0.05, 0) is 55.9 Å². The third-order valence-corrected chi connectivity index (χ3v) is 5.53. The molecule has 1 fully saturated rings. The molecule has 0 unspecified atom stereocenters. The molecule has 0 spiro atoms. The number of rotatable bonds is 3. The van der Waals surface area contributed by atoms with Gasteiger partial charge in [0.1, 0.15) is 5.69 Å². The summed E-state index contributed by atoms with van der Waals surface area (Å²) in [6, 6.07) is 11.0. The van der Waals surface area contributed by atoms with E-state index in [-0.39, 0.29) is 16.5 Å². The number of nitro groups is 1. The van der Waals surface area contributed by atoms with Crippen molar-refractivity contribution in [2.24, 2.45) is 0 Å². The lowest BCUT2D eigenvalue weighted by molar-refractivity contribution is -0.384. The van der Waals surface area contributed by atoms with Crippen molar-refractivity contribution in [2.75, 3.05) is 29.4 Å². The normalized spacial score (nSPS) is 16.3. The van der Waals surface area contributed by atoms with Crippen molar-refractivity contribution in [3.63, 3.8) is 0 Å². The number of amides is 1. The van der Waals surface area contributed by atoms with Gasteiger partial charge in [-0.15, -0.1) is 0 Å². The van der Waals surface area contributed by atoms with Crippen molar-refractivity contribution in [3.05, 3.63) is 63.2 Å². The van der Waals surface area contributed by atoms with Crippen LogP contribution >= 0.6 is 0 Å². The fourth-order valence-electron chi connectivity index (χ4n) is 4.23. The molecule has 0 atom stereocenters. The van der Waals surface area contributed by atoms with E-state index >= 15 is 0 Å². The molecule has 2 aliphatic rings. The number of fused-ring (bicyclic) bond motifs is 1. The summed E-state index contributed by atoms with van der Waals surface area (Å²) < 4.78 is 0. The number of nitro benzene ring substituents is 1. The monoisotopic (exact) mass is 365 g/mol. The number of hydrogen-bond acceptors (Lipinski definition) is 4. The molecule has 1 amide bonds. The summed E-state index contributed by atoms with van der Waals surface area (Å²) in [6.45, 7) is 4.29. The third kappa shape index (κ3) is 3.16. The molecule has 2 aromatic carbocycles. The van der Waals surface area contributed by atoms with Crippen LogP contribution in [0.2, 0.25) is 0 Å². The van der Waals surface area contributed by atoms with Crippen LogP contribution < -0.4 is 9.80 Å². The quantitative estimate of drug-likeness (QED) is 0.607. The maximum absolute atomic E-state index is 13.2. The molecule has 2 aromatic rings. The van der Waals surface area contributed by atoms with Gasteiger partial charge in [-0.25, -0.2) is 0 Å². The Hall–Kier alpha value is -2.89. The molecular formula is C21H23N3O3. The van der Waals surface area contributed by atoms with E-state index in [2.05, 4.69) is 6.07 Å². The summed E-state index contributed by atoms with van der Waals surface area (Å²) in [4.78, 5) is 28.3. The Morgan fingerprint density at radius 3 is 2.59 bits per heavy atom. The fourth-order valence-corrected chi connectivity index (χ4v) is 4.23. The second-order valence-corrected chi connectivity index (χ2v) is 7.30. The van der Waals surface area contributed by atoms with Gasteiger partial charge in [0, 0.05) is 31.3 Å². The van der Waals surface area contributed by atoms with Crippen LogP contribution in [0.1, 0.15) is 40.7 Å². The van der Waals surface area contributed by atoms with Crippen LogP contribution in [0, 0.1) is 17.0 Å². The predicted molar refractivity (Wildman–Crippen MR) is 106 cm³/mol. The average Bonchev–Trinajstić information content (AvgIpc) is 3.21. The number of aryl methyl sites for hydroxylation is 2. The Morgan fingerprint density at radius 2 is 1.85 bits per heavy atom. The first-order valence-electron chi connectivity index (χ1n) is 9.50. The number of carbonyl (C=O) groups excluding carboxylic acids is 1. The highest BCUT2D eigenvalue weighted by atomic mass is 16.6. The van der Waals surface area contributed by atoms with E-state index in [1.165, 1.54) is 6.07 Å². The van der Waals surface area contributed by atoms with E-state index < -0.39 is 0 Å². The first kappa shape index (κ1) is 17.5. The topological polar surface area (TPSA) is 66.7 Å². The van der Waals surface area contributed by atoms with E-state index in [4.69, 9.17) is 0 Å². The fraction of sp³-hybridized carbons (Fsp3) is 0.381. The first-order valence-corrected chi connectivity index (χ1v) is 9.50. The number of nitrogens with zero attached hydrogens (tertiary/aromatic N) is 3. The molecule has 0 aliphatic carbocycles. The van der Waals surface area contributed by atoms with Crippen LogP contribution in [0.3, 0.4) is 0 Å². The Morgan fingerprint density at radius 1 is 1.07 bits per heavy atom. The molecular weight excluding hydrogens is 342 g/mol. The predicted octanol–water partition coefficient (Wildman–Crippen LogP) is 4.10. The van der Waals surface area contributed by atoms with Gasteiger partial charge in [0.05, 0.1) is 10.6 Å². The minimum absolute atomic E-state index is 0.0183. The van der Waals surface area contributed by atoms with Gasteiger partial charge in [-0.2, -0.15) is 0 Å². The van der Waals surface area contributed by atoms with Crippen molar-refractivity contribution in [1.29, 1.82) is 0 Å². The minimum Gasteiger partial charge on any atom is -0.366 e. The Balaban J connectivity index is 1.71. The lowest BCUT2D eigenvalue weighted by Gasteiger charge is -2.31. The number of para-hydroxylation sites is 1. The van der Waals surface area contributed by atoms with E-state index in [1.54, 1.807) is 17.0 Å². The van der Waals surface area contributed by atoms with Crippen LogP contribution in [0.4, 0.5) is 17.1 Å². The van der Waals surface area contributed by atoms with Gasteiger partial charge in [-0.1, -0.05) is 18.2 Å². The summed E-state index contributed by atoms with van der Waals surface area (Å²) in [5.74, 6) is -0.165. The van der Waals surface area contributed by atoms with Crippen LogP contribution in [-0.4, -0.2) is 30.5 Å². The van der Waals surface area contributed by atoms with Crippen LogP contribution in [0.25, 0.3) is 0 Å². The van der Waals surface area contributed by atoms with Gasteiger partial charge in [0.2, 0.25) is 0 Å². The molecule has 140 valence electrons. The molecule has 2 heterocycles. The lowest BCUT2D eigenvalue weighted by Crippen LogP contribution is -2.36. The number of anilines is 2. The maximum atomic E-state index is 13.2. The molecule has 2 aliphatic heterocycles. The minimum atomic E-state index is -0.375. The maximum Gasteiger partial charge on any atom is 0.293 e. The summed E-state index contributed by atoms with van der Waals surface area (Å²) in [5, 5.41) is 11.6. The molecule has 4 rings (SSSR count). The molecule has 6 heteroatoms. The zero-order valence-electron chi connectivity index (χ0n) is 15.5. The second kappa shape index (κ2) is 7.02. The van der Waals surface area contributed by atoms with Gasteiger partial charge in [-0.3, -0.25) is 14.9 Å². The van der Waals surface area contributed by atoms with Crippen LogP contribution in [0.5, 0.6) is 0 Å². The average molecular weight is 365 g/mol. The van der Waals surface area contributed by atoms with E-state index in [0.717, 1.165) is 55.6 Å². The molecule has 0 bridgehead atoms. The molecule has 1 saturated heterocycles. The summed E-state index contributed by atoms with van der Waals surface area (Å²) >= 11 is 0. The Labute approximate surface area is 158 Å². The van der Waals surface area contributed by atoms with Gasteiger partial charge in [0.15, 0.2) is 0 Å². The lowest BCUT2D eigenvalue weighted by atomic mass is 9.97. The van der Waals surface area contributed by atoms with Crippen molar-refractivity contribution in [2.45, 2.75) is 32.6 Å². The number of benzene rings is 2. The summed E-state index contributed by atoms with van der Waals surface area (Å²) in [5.41, 5.74) is 4.19. The van der Waals surface area contributed by atoms with E-state index in [9.17, 15) is 14.9 Å². The molecule has 27 heavy (non-hydrogen) atoms. The highest BCUT2D eigenvalue weighted by Crippen LogP contribution is 2.35. The van der Waals surface area contributed by atoms with E-state index in [0.29, 0.717) is 17.8 Å². The van der Waals surface area contributed by atoms with Gasteiger partial charge in [0.25, 0.3) is 11.6 Å². The highest BCUT2D eigenvalue weighted by Gasteiger charge is 2.28. The molecule has 6 nitrogen and oxygen atoms in total. The van der Waals surface area contributed by atoms with E-state index in [1.807, 2.05) is 24.0 Å². The molecule has 0 saturated carbocycles. The standard InChI is InChI=1S/C21H23N3O3/c1-15-6-4-7-16-8-5-13-23(20(15)16)21(25)17-9-10-18(19(14-17)24(26)27)22-11-2-3-12-22/h4,6-7,9-10,14H,2-3,5,8,11-13H2,1H3.